The number of para-hydroxylation sites is 1. The van der Waals surface area contributed by atoms with Gasteiger partial charge in [-0.15, -0.1) is 0 Å². The molecule has 1 aliphatic heterocycles. The summed E-state index contributed by atoms with van der Waals surface area (Å²) < 4.78 is 5.77. The molecule has 2 aliphatic rings. The third kappa shape index (κ3) is 2.00. The quantitative estimate of drug-likeness (QED) is 0.769. The van der Waals surface area contributed by atoms with Crippen molar-refractivity contribution in [3.8, 4) is 0 Å². The predicted molar refractivity (Wildman–Crippen MR) is 70.5 cm³/mol. The zero-order valence-electron chi connectivity index (χ0n) is 10.3. The molecule has 1 aromatic rings. The Balaban J connectivity index is 2.07. The Hall–Kier alpha value is -2.20. The molecule has 0 bridgehead atoms. The van der Waals surface area contributed by atoms with Gasteiger partial charge in [0.1, 0.15) is 0 Å². The molecular weight excluding hydrogens is 242 g/mol. The summed E-state index contributed by atoms with van der Waals surface area (Å²) in [6.07, 6.45) is 6.49. The predicted octanol–water partition coefficient (Wildman–Crippen LogP) is 1.83. The van der Waals surface area contributed by atoms with Gasteiger partial charge in [-0.25, -0.2) is 0 Å². The van der Waals surface area contributed by atoms with Crippen molar-refractivity contribution >= 4 is 17.4 Å². The maximum atomic E-state index is 12.2. The lowest BCUT2D eigenvalue weighted by atomic mass is 10.0. The second-order valence-corrected chi connectivity index (χ2v) is 4.48. The minimum Gasteiger partial charge on any atom is -0.347 e. The van der Waals surface area contributed by atoms with Crippen molar-refractivity contribution in [1.29, 1.82) is 0 Å². The molecule has 4 heteroatoms. The van der Waals surface area contributed by atoms with Crippen LogP contribution in [0.25, 0.3) is 0 Å². The Morgan fingerprint density at radius 2 is 1.74 bits per heavy atom. The number of carbonyl (C=O) groups is 2. The van der Waals surface area contributed by atoms with Crippen molar-refractivity contribution in [1.82, 2.24) is 0 Å². The van der Waals surface area contributed by atoms with Gasteiger partial charge in [0, 0.05) is 5.69 Å². The number of amides is 1. The van der Waals surface area contributed by atoms with Crippen molar-refractivity contribution in [3.05, 3.63) is 54.6 Å². The standard InChI is InChI=1S/C15H13NO3/c17-13-6-9-15(10-7-13)16(14(18)8-11-19-15)12-4-2-1-3-5-12/h1-7,9-10H,8,11H2. The summed E-state index contributed by atoms with van der Waals surface area (Å²) in [5, 5.41) is 0. The monoisotopic (exact) mass is 255 g/mol. The lowest BCUT2D eigenvalue weighted by molar-refractivity contribution is -0.130. The number of hydrogen-bond donors (Lipinski definition) is 0. The molecule has 4 nitrogen and oxygen atoms in total. The van der Waals surface area contributed by atoms with Crippen LogP contribution in [0.1, 0.15) is 6.42 Å². The fraction of sp³-hybridized carbons (Fsp3) is 0.200. The van der Waals surface area contributed by atoms with E-state index in [9.17, 15) is 9.59 Å². The van der Waals surface area contributed by atoms with Crippen LogP contribution < -0.4 is 4.90 Å². The summed E-state index contributed by atoms with van der Waals surface area (Å²) in [5.74, 6) is -0.110. The van der Waals surface area contributed by atoms with Gasteiger partial charge in [-0.3, -0.25) is 14.5 Å². The number of carbonyl (C=O) groups excluding carboxylic acids is 2. The van der Waals surface area contributed by atoms with Gasteiger partial charge in [-0.2, -0.15) is 0 Å². The van der Waals surface area contributed by atoms with Crippen molar-refractivity contribution < 1.29 is 14.3 Å². The third-order valence-electron chi connectivity index (χ3n) is 3.24. The molecule has 0 unspecified atom stereocenters. The smallest absolute Gasteiger partial charge is 0.232 e. The molecule has 0 aromatic heterocycles. The Morgan fingerprint density at radius 3 is 2.42 bits per heavy atom. The highest BCUT2D eigenvalue weighted by atomic mass is 16.5. The number of nitrogens with zero attached hydrogens (tertiary/aromatic N) is 1. The molecule has 1 aromatic carbocycles. The summed E-state index contributed by atoms with van der Waals surface area (Å²) in [5.41, 5.74) is -0.208. The fourth-order valence-electron chi connectivity index (χ4n) is 2.36. The van der Waals surface area contributed by atoms with Gasteiger partial charge in [0.15, 0.2) is 11.5 Å². The zero-order valence-corrected chi connectivity index (χ0v) is 10.3. The van der Waals surface area contributed by atoms with E-state index in [0.717, 1.165) is 5.69 Å². The van der Waals surface area contributed by atoms with Crippen LogP contribution >= 0.6 is 0 Å². The molecule has 3 rings (SSSR count). The molecular formula is C15H13NO3. The number of hydrogen-bond acceptors (Lipinski definition) is 3. The van der Waals surface area contributed by atoms with Crippen molar-refractivity contribution in [3.63, 3.8) is 0 Å². The maximum absolute atomic E-state index is 12.2. The Morgan fingerprint density at radius 1 is 1.05 bits per heavy atom. The highest BCUT2D eigenvalue weighted by Crippen LogP contribution is 2.33. The maximum Gasteiger partial charge on any atom is 0.232 e. The number of anilines is 1. The minimum absolute atomic E-state index is 0.0129. The van der Waals surface area contributed by atoms with Crippen LogP contribution in [0.2, 0.25) is 0 Å². The van der Waals surface area contributed by atoms with Gasteiger partial charge in [0.2, 0.25) is 5.91 Å². The SMILES string of the molecule is O=C1C=CC2(C=C1)OCCC(=O)N2c1ccccc1. The molecule has 1 fully saturated rings. The first-order chi connectivity index (χ1) is 9.21. The Kier molecular flexibility index (Phi) is 2.80. The molecule has 0 saturated carbocycles. The van der Waals surface area contributed by atoms with E-state index in [1.165, 1.54) is 12.2 Å². The summed E-state index contributed by atoms with van der Waals surface area (Å²) >= 11 is 0. The lowest BCUT2D eigenvalue weighted by Gasteiger charge is -2.43. The Labute approximate surface area is 111 Å². The van der Waals surface area contributed by atoms with E-state index in [0.29, 0.717) is 13.0 Å². The molecule has 96 valence electrons. The first-order valence-electron chi connectivity index (χ1n) is 6.16. The van der Waals surface area contributed by atoms with E-state index in [-0.39, 0.29) is 11.7 Å². The van der Waals surface area contributed by atoms with Crippen molar-refractivity contribution in [2.24, 2.45) is 0 Å². The van der Waals surface area contributed by atoms with E-state index < -0.39 is 5.72 Å². The summed E-state index contributed by atoms with van der Waals surface area (Å²) in [6.45, 7) is 0.352. The number of benzene rings is 1. The highest BCUT2D eigenvalue weighted by Gasteiger charge is 2.42. The van der Waals surface area contributed by atoms with Crippen LogP contribution in [-0.2, 0) is 14.3 Å². The van der Waals surface area contributed by atoms with Gasteiger partial charge >= 0.3 is 0 Å². The molecule has 0 radical (unpaired) electrons. The molecule has 19 heavy (non-hydrogen) atoms. The highest BCUT2D eigenvalue weighted by molar-refractivity contribution is 6.03. The summed E-state index contributed by atoms with van der Waals surface area (Å²) in [7, 11) is 0. The minimum atomic E-state index is -0.968. The summed E-state index contributed by atoms with van der Waals surface area (Å²) in [6, 6.07) is 9.33. The van der Waals surface area contributed by atoms with Crippen LogP contribution in [0.15, 0.2) is 54.6 Å². The molecule has 0 atom stereocenters. The lowest BCUT2D eigenvalue weighted by Crippen LogP contribution is -2.56. The second kappa shape index (κ2) is 4.48. The van der Waals surface area contributed by atoms with Gasteiger partial charge < -0.3 is 4.74 Å². The second-order valence-electron chi connectivity index (χ2n) is 4.48. The summed E-state index contributed by atoms with van der Waals surface area (Å²) in [4.78, 5) is 25.1. The zero-order chi connectivity index (χ0) is 13.3. The van der Waals surface area contributed by atoms with Crippen molar-refractivity contribution in [2.45, 2.75) is 12.1 Å². The number of allylic oxidation sites excluding steroid dienone is 2. The van der Waals surface area contributed by atoms with Crippen LogP contribution in [0.4, 0.5) is 5.69 Å². The van der Waals surface area contributed by atoms with E-state index in [4.69, 9.17) is 4.74 Å². The molecule has 1 aliphatic carbocycles. The van der Waals surface area contributed by atoms with Crippen LogP contribution in [0, 0.1) is 0 Å². The molecule has 1 amide bonds. The fourth-order valence-corrected chi connectivity index (χ4v) is 2.36. The van der Waals surface area contributed by atoms with Gasteiger partial charge in [-0.1, -0.05) is 18.2 Å². The number of ether oxygens (including phenoxy) is 1. The molecule has 1 heterocycles. The van der Waals surface area contributed by atoms with Crippen LogP contribution in [0.3, 0.4) is 0 Å². The van der Waals surface area contributed by atoms with E-state index in [1.807, 2.05) is 30.3 Å². The average Bonchev–Trinajstić information content (AvgIpc) is 2.43. The van der Waals surface area contributed by atoms with Gasteiger partial charge in [-0.05, 0) is 36.4 Å². The Bertz CT molecular complexity index is 558. The van der Waals surface area contributed by atoms with Gasteiger partial charge in [0.05, 0.1) is 13.0 Å². The van der Waals surface area contributed by atoms with Crippen LogP contribution in [-0.4, -0.2) is 24.0 Å². The van der Waals surface area contributed by atoms with E-state index in [2.05, 4.69) is 0 Å². The number of ketones is 1. The van der Waals surface area contributed by atoms with E-state index >= 15 is 0 Å². The van der Waals surface area contributed by atoms with E-state index in [1.54, 1.807) is 17.1 Å². The first-order valence-corrected chi connectivity index (χ1v) is 6.16. The van der Waals surface area contributed by atoms with Crippen LogP contribution in [0.5, 0.6) is 0 Å². The average molecular weight is 255 g/mol. The largest absolute Gasteiger partial charge is 0.347 e. The van der Waals surface area contributed by atoms with Crippen molar-refractivity contribution in [2.75, 3.05) is 11.5 Å². The first kappa shape index (κ1) is 11.9. The van der Waals surface area contributed by atoms with Gasteiger partial charge in [0.25, 0.3) is 0 Å². The molecule has 1 saturated heterocycles. The normalized spacial score (nSPS) is 21.2. The number of rotatable bonds is 1. The topological polar surface area (TPSA) is 46.6 Å². The third-order valence-corrected chi connectivity index (χ3v) is 3.24. The molecule has 0 N–H and O–H groups in total. The molecule has 1 spiro atoms.